The van der Waals surface area contributed by atoms with Crippen molar-refractivity contribution in [3.63, 3.8) is 0 Å². The monoisotopic (exact) mass is 932 g/mol. The van der Waals surface area contributed by atoms with Crippen LogP contribution in [0.15, 0.2) is 60.7 Å². The lowest BCUT2D eigenvalue weighted by Crippen LogP contribution is -2.56. The number of aryl methyl sites for hydroxylation is 2. The number of ether oxygens (including phenoxy) is 2. The summed E-state index contributed by atoms with van der Waals surface area (Å²) in [4.78, 5) is 81.8. The maximum Gasteiger partial charge on any atom is 0.255 e. The van der Waals surface area contributed by atoms with Gasteiger partial charge in [-0.25, -0.2) is 9.97 Å². The number of rotatable bonds is 15. The molecule has 68 heavy (non-hydrogen) atoms. The van der Waals surface area contributed by atoms with Gasteiger partial charge in [-0.15, -0.1) is 0 Å². The minimum atomic E-state index is -1.43. The summed E-state index contributed by atoms with van der Waals surface area (Å²) in [6.45, 7) is 15.0. The topological polar surface area (TPSA) is 283 Å². The highest BCUT2D eigenvalue weighted by Gasteiger charge is 2.38. The van der Waals surface area contributed by atoms with Gasteiger partial charge in [-0.05, 0) is 87.4 Å². The molecule has 0 saturated carbocycles. The van der Waals surface area contributed by atoms with Crippen molar-refractivity contribution in [3.8, 4) is 40.1 Å². The Hall–Kier alpha value is -6.94. The normalized spacial score (nSPS) is 16.8. The molecular weight excluding hydrogens is 867 g/mol. The predicted octanol–water partition coefficient (Wildman–Crippen LogP) is 3.01. The molecule has 4 bridgehead atoms. The second-order valence-corrected chi connectivity index (χ2v) is 18.7. The van der Waals surface area contributed by atoms with Crippen LogP contribution in [0.3, 0.4) is 0 Å². The second kappa shape index (κ2) is 22.2. The van der Waals surface area contributed by atoms with Crippen molar-refractivity contribution >= 4 is 29.5 Å². The quantitative estimate of drug-likeness (QED) is 0.0846. The van der Waals surface area contributed by atoms with E-state index in [0.29, 0.717) is 51.0 Å². The molecule has 0 spiro atoms. The van der Waals surface area contributed by atoms with Crippen LogP contribution in [0.2, 0.25) is 0 Å². The smallest absolute Gasteiger partial charge is 0.255 e. The summed E-state index contributed by atoms with van der Waals surface area (Å²) >= 11 is 0. The van der Waals surface area contributed by atoms with E-state index >= 15 is 4.79 Å². The van der Waals surface area contributed by atoms with Crippen LogP contribution in [0, 0.1) is 25.2 Å². The van der Waals surface area contributed by atoms with E-state index in [0.717, 1.165) is 11.1 Å². The van der Waals surface area contributed by atoms with Gasteiger partial charge in [-0.2, -0.15) is 5.26 Å². The third-order valence-electron chi connectivity index (χ3n) is 11.4. The van der Waals surface area contributed by atoms with Crippen LogP contribution in [-0.4, -0.2) is 108 Å². The predicted molar refractivity (Wildman–Crippen MR) is 258 cm³/mol. The zero-order valence-corrected chi connectivity index (χ0v) is 40.4. The Kier molecular flexibility index (Phi) is 17.0. The molecular formula is C50H65N11O7. The molecule has 10 N–H and O–H groups in total. The van der Waals surface area contributed by atoms with E-state index in [1.54, 1.807) is 64.1 Å². The molecule has 1 aromatic heterocycles. The molecule has 18 heteroatoms. The van der Waals surface area contributed by atoms with Gasteiger partial charge in [0.15, 0.2) is 5.82 Å². The molecule has 3 aromatic carbocycles. The third-order valence-corrected chi connectivity index (χ3v) is 11.4. The van der Waals surface area contributed by atoms with Crippen molar-refractivity contribution < 1.29 is 33.4 Å². The van der Waals surface area contributed by atoms with Crippen molar-refractivity contribution in [2.45, 2.75) is 103 Å². The highest BCUT2D eigenvalue weighted by atomic mass is 16.5. The SMILES string of the molecule is Cc1nc(-c2ccc(C(C)(C)C)cc2)nc(C)c1C(=O)NC(CC(C)(C)N)C(=O)N(C)[C@@H]1C(=O)N[C@@H](C)C(=O)N[C@H](C(=O)NCC#N)Cc2ccc(OCCN)c(c2)-c2cc1ccc2OCCN. The average molecular weight is 932 g/mol. The summed E-state index contributed by atoms with van der Waals surface area (Å²) in [5, 5.41) is 20.0. The van der Waals surface area contributed by atoms with Crippen LogP contribution in [0.25, 0.3) is 22.5 Å². The zero-order valence-electron chi connectivity index (χ0n) is 40.4. The summed E-state index contributed by atoms with van der Waals surface area (Å²) < 4.78 is 12.2. The molecule has 1 aliphatic rings. The van der Waals surface area contributed by atoms with Crippen molar-refractivity contribution in [3.05, 3.63) is 94.3 Å². The molecule has 1 unspecified atom stereocenters. The number of aromatic nitrogens is 2. The molecule has 18 nitrogen and oxygen atoms in total. The zero-order chi connectivity index (χ0) is 50.1. The van der Waals surface area contributed by atoms with Gasteiger partial charge in [-0.1, -0.05) is 57.2 Å². The number of hydrogen-bond donors (Lipinski definition) is 7. The van der Waals surface area contributed by atoms with Crippen LogP contribution >= 0.6 is 0 Å². The van der Waals surface area contributed by atoms with E-state index in [4.69, 9.17) is 36.6 Å². The summed E-state index contributed by atoms with van der Waals surface area (Å²) in [5.74, 6) is -2.17. The Morgan fingerprint density at radius 2 is 1.47 bits per heavy atom. The van der Waals surface area contributed by atoms with E-state index in [1.165, 1.54) is 18.9 Å². The molecule has 5 amide bonds. The first-order valence-corrected chi connectivity index (χ1v) is 22.6. The van der Waals surface area contributed by atoms with Crippen molar-refractivity contribution in [2.24, 2.45) is 17.2 Å². The number of carbonyl (C=O) groups excluding carboxylic acids is 5. The van der Waals surface area contributed by atoms with Gasteiger partial charge in [0.05, 0.1) is 23.0 Å². The number of likely N-dealkylation sites (N-methyl/N-ethyl adjacent to an activating group) is 1. The number of amides is 5. The molecule has 1 aliphatic heterocycles. The van der Waals surface area contributed by atoms with Gasteiger partial charge in [0.2, 0.25) is 23.6 Å². The molecule has 0 fully saturated rings. The fourth-order valence-electron chi connectivity index (χ4n) is 7.96. The minimum Gasteiger partial charge on any atom is -0.492 e. The molecule has 4 atom stereocenters. The molecule has 2 heterocycles. The molecule has 4 aromatic rings. The van der Waals surface area contributed by atoms with Crippen molar-refractivity contribution in [2.75, 3.05) is 39.9 Å². The van der Waals surface area contributed by atoms with Gasteiger partial charge >= 0.3 is 0 Å². The Bertz CT molecular complexity index is 2520. The number of nitrogens with zero attached hydrogens (tertiary/aromatic N) is 4. The van der Waals surface area contributed by atoms with E-state index < -0.39 is 59.2 Å². The summed E-state index contributed by atoms with van der Waals surface area (Å²) in [6, 6.07) is 14.9. The van der Waals surface area contributed by atoms with E-state index in [-0.39, 0.29) is 56.7 Å². The van der Waals surface area contributed by atoms with Gasteiger partial charge in [-0.3, -0.25) is 24.0 Å². The summed E-state index contributed by atoms with van der Waals surface area (Å²) in [5.41, 5.74) is 21.9. The first kappa shape index (κ1) is 52.0. The average Bonchev–Trinajstić information content (AvgIpc) is 3.27. The maximum absolute atomic E-state index is 15.0. The first-order chi connectivity index (χ1) is 32.1. The second-order valence-electron chi connectivity index (χ2n) is 18.7. The number of nitrogens with one attached hydrogen (secondary N) is 4. The molecule has 362 valence electrons. The number of nitrogens with two attached hydrogens (primary N) is 3. The van der Waals surface area contributed by atoms with Gasteiger partial charge < -0.3 is 52.8 Å². The molecule has 0 radical (unpaired) electrons. The summed E-state index contributed by atoms with van der Waals surface area (Å²) in [7, 11) is 1.42. The largest absolute Gasteiger partial charge is 0.492 e. The third kappa shape index (κ3) is 12.9. The van der Waals surface area contributed by atoms with Crippen LogP contribution in [0.1, 0.15) is 92.4 Å². The van der Waals surface area contributed by atoms with Gasteiger partial charge in [0, 0.05) is 48.8 Å². The lowest BCUT2D eigenvalue weighted by atomic mass is 9.86. The number of nitriles is 1. The molecule has 0 saturated heterocycles. The highest BCUT2D eigenvalue weighted by molar-refractivity contribution is 6.00. The van der Waals surface area contributed by atoms with Gasteiger partial charge in [0.1, 0.15) is 55.4 Å². The fourth-order valence-corrected chi connectivity index (χ4v) is 7.96. The van der Waals surface area contributed by atoms with Crippen LogP contribution < -0.4 is 47.9 Å². The summed E-state index contributed by atoms with van der Waals surface area (Å²) in [6.07, 6.45) is -0.0506. The van der Waals surface area contributed by atoms with Crippen LogP contribution in [0.4, 0.5) is 0 Å². The Morgan fingerprint density at radius 1 is 0.882 bits per heavy atom. The fraction of sp³-hybridized carbons (Fsp3) is 0.440. The van der Waals surface area contributed by atoms with Gasteiger partial charge in [0.25, 0.3) is 5.91 Å². The van der Waals surface area contributed by atoms with Crippen molar-refractivity contribution in [1.82, 2.24) is 36.1 Å². The number of benzene rings is 3. The first-order valence-electron chi connectivity index (χ1n) is 22.6. The Labute approximate surface area is 398 Å². The number of carbonyl (C=O) groups is 5. The lowest BCUT2D eigenvalue weighted by molar-refractivity contribution is -0.142. The number of fused-ring (bicyclic) bond motifs is 5. The van der Waals surface area contributed by atoms with E-state index in [9.17, 15) is 24.4 Å². The Balaban J connectivity index is 1.61. The van der Waals surface area contributed by atoms with Crippen LogP contribution in [-0.2, 0) is 31.0 Å². The van der Waals surface area contributed by atoms with E-state index in [1.807, 2.05) is 30.3 Å². The van der Waals surface area contributed by atoms with Crippen molar-refractivity contribution in [1.29, 1.82) is 5.26 Å². The molecule has 0 aliphatic carbocycles. The maximum atomic E-state index is 15.0. The Morgan fingerprint density at radius 3 is 2.03 bits per heavy atom. The number of hydrogen-bond acceptors (Lipinski definition) is 13. The van der Waals surface area contributed by atoms with Crippen LogP contribution in [0.5, 0.6) is 11.5 Å². The standard InChI is InChI=1S/C50H65N11O7/c1-28-41(29(2)57-43(56-28)32-11-14-34(15-12-32)49(4,5)6)46(64)60-38(27-50(7,8)54)48(66)61(9)42-33-13-17-40(68-23-20-53)36(26-33)35-24-31(10-16-39(35)67-22-19-52)25-37(45(63)55-21-18-51)59-44(62)30(3)58-47(42)65/h10-17,24,26,30,37-38,42H,19-23,25,27,52-54H2,1-9H3,(H,55,63)(H,58,65)(H,59,62)(H,60,64)/t30-,37-,38?,42-/m0/s1. The minimum absolute atomic E-state index is 0.00223. The lowest BCUT2D eigenvalue weighted by Gasteiger charge is -2.34. The van der Waals surface area contributed by atoms with E-state index in [2.05, 4.69) is 42.0 Å². The highest BCUT2D eigenvalue weighted by Crippen LogP contribution is 2.40. The molecule has 5 rings (SSSR count).